The van der Waals surface area contributed by atoms with E-state index in [-0.39, 0.29) is 35.0 Å². The fourth-order valence-electron chi connectivity index (χ4n) is 11.6. The van der Waals surface area contributed by atoms with Gasteiger partial charge in [0.25, 0.3) is 0 Å². The van der Waals surface area contributed by atoms with Gasteiger partial charge in [0.05, 0.1) is 37.6 Å². The molecule has 0 radical (unpaired) electrons. The average Bonchev–Trinajstić information content (AvgIpc) is 3.41. The highest BCUT2D eigenvalue weighted by Gasteiger charge is 2.65. The van der Waals surface area contributed by atoms with Crippen molar-refractivity contribution in [3.8, 4) is 0 Å². The van der Waals surface area contributed by atoms with E-state index in [2.05, 4.69) is 40.7 Å². The Balaban J connectivity index is 1.29. The molecule has 0 amide bonds. The molecule has 2 heterocycles. The molecule has 21 unspecified atom stereocenters. The van der Waals surface area contributed by atoms with Gasteiger partial charge in [-0.2, -0.15) is 0 Å². The number of hydrogen-bond acceptors (Lipinski definition) is 14. The van der Waals surface area contributed by atoms with E-state index in [1.54, 1.807) is 0 Å². The second kappa shape index (κ2) is 16.2. The molecule has 2 saturated heterocycles. The molecule has 5 fully saturated rings. The van der Waals surface area contributed by atoms with Gasteiger partial charge in [-0.3, -0.25) is 0 Å². The van der Waals surface area contributed by atoms with Crippen LogP contribution in [-0.4, -0.2) is 150 Å². The van der Waals surface area contributed by atoms with Crippen LogP contribution in [0.2, 0.25) is 0 Å². The molecule has 0 bridgehead atoms. The highest BCUT2D eigenvalue weighted by atomic mass is 16.7. The van der Waals surface area contributed by atoms with E-state index in [1.165, 1.54) is 0 Å². The fraction of sp³-hybridized carbons (Fsp3) is 0.949. The van der Waals surface area contributed by atoms with Gasteiger partial charge in [-0.15, -0.1) is 0 Å². The number of fused-ring (bicyclic) bond motifs is 5. The van der Waals surface area contributed by atoms with Gasteiger partial charge in [0.1, 0.15) is 48.8 Å². The summed E-state index contributed by atoms with van der Waals surface area (Å²) in [6, 6.07) is 0. The number of aliphatic hydroxyl groups is 10. The first-order chi connectivity index (χ1) is 25.0. The molecule has 10 N–H and O–H groups in total. The van der Waals surface area contributed by atoms with Crippen molar-refractivity contribution in [1.82, 2.24) is 0 Å². The van der Waals surface area contributed by atoms with Gasteiger partial charge >= 0.3 is 0 Å². The maximum atomic E-state index is 11.7. The Labute approximate surface area is 312 Å². The zero-order valence-electron chi connectivity index (χ0n) is 31.8. The summed E-state index contributed by atoms with van der Waals surface area (Å²) in [5, 5.41) is 108. The van der Waals surface area contributed by atoms with Gasteiger partial charge in [0.15, 0.2) is 12.6 Å². The Morgan fingerprint density at radius 2 is 1.43 bits per heavy atom. The minimum absolute atomic E-state index is 0.130. The topological polar surface area (TPSA) is 239 Å². The molecule has 14 nitrogen and oxygen atoms in total. The lowest BCUT2D eigenvalue weighted by molar-refractivity contribution is -0.365. The molecule has 0 spiro atoms. The third kappa shape index (κ3) is 7.42. The molecular formula is C39H66O14. The summed E-state index contributed by atoms with van der Waals surface area (Å²) < 4.78 is 24.1. The Morgan fingerprint density at radius 1 is 0.792 bits per heavy atom. The first-order valence-electron chi connectivity index (χ1n) is 19.9. The normalized spacial score (nSPS) is 51.2. The van der Waals surface area contributed by atoms with E-state index in [9.17, 15) is 51.1 Å². The molecule has 21 atom stereocenters. The summed E-state index contributed by atoms with van der Waals surface area (Å²) in [7, 11) is 0. The minimum Gasteiger partial charge on any atom is -0.394 e. The van der Waals surface area contributed by atoms with Crippen LogP contribution in [0, 0.1) is 46.3 Å². The Kier molecular flexibility index (Phi) is 12.8. The lowest BCUT2D eigenvalue weighted by Crippen LogP contribution is -2.65. The van der Waals surface area contributed by atoms with E-state index in [0.29, 0.717) is 31.6 Å². The number of rotatable bonds is 11. The zero-order chi connectivity index (χ0) is 38.7. The van der Waals surface area contributed by atoms with Crippen molar-refractivity contribution in [2.45, 2.75) is 172 Å². The first-order valence-corrected chi connectivity index (χ1v) is 19.9. The van der Waals surface area contributed by atoms with Crippen LogP contribution in [0.15, 0.2) is 11.6 Å². The van der Waals surface area contributed by atoms with Crippen LogP contribution in [-0.2, 0) is 18.9 Å². The van der Waals surface area contributed by atoms with Crippen LogP contribution in [0.4, 0.5) is 0 Å². The smallest absolute Gasteiger partial charge is 0.187 e. The maximum Gasteiger partial charge on any atom is 0.187 e. The molecule has 6 rings (SSSR count). The molecule has 4 aliphatic carbocycles. The molecule has 306 valence electrons. The standard InChI is InChI=1S/C39H66O14/c1-17(2)6-9-24(43)18(3)29-25(14-23-21-8-7-19-12-20(42)13-28(44)39(19,5)22(21)10-11-38(23,29)4)50-37-34(49)35(31(46)27(16-41)52-37)53-36-33(48)32(47)30(45)26(15-40)51-36/h7,17-18,20-37,40-49H,6,8-16H2,1-5H3. The van der Waals surface area contributed by atoms with Crippen LogP contribution >= 0.6 is 0 Å². The zero-order valence-corrected chi connectivity index (χ0v) is 31.8. The first kappa shape index (κ1) is 41.8. The number of hydrogen-bond donors (Lipinski definition) is 10. The molecule has 2 aliphatic heterocycles. The van der Waals surface area contributed by atoms with Crippen LogP contribution in [0.5, 0.6) is 0 Å². The largest absolute Gasteiger partial charge is 0.394 e. The number of aliphatic hydroxyl groups excluding tert-OH is 10. The van der Waals surface area contributed by atoms with Gasteiger partial charge in [-0.05, 0) is 85.9 Å². The summed E-state index contributed by atoms with van der Waals surface area (Å²) in [5.74, 6) is 0.550. The summed E-state index contributed by atoms with van der Waals surface area (Å²) >= 11 is 0. The average molecular weight is 759 g/mol. The molecule has 0 aromatic rings. The third-order valence-corrected chi connectivity index (χ3v) is 14.7. The predicted octanol–water partition coefficient (Wildman–Crippen LogP) is -0.0505. The Bertz CT molecular complexity index is 1270. The van der Waals surface area contributed by atoms with E-state index < -0.39 is 104 Å². The lowest BCUT2D eigenvalue weighted by Gasteiger charge is -2.59. The Morgan fingerprint density at radius 3 is 2.08 bits per heavy atom. The lowest BCUT2D eigenvalue weighted by atomic mass is 9.46. The molecule has 0 aromatic heterocycles. The van der Waals surface area contributed by atoms with E-state index >= 15 is 0 Å². The van der Waals surface area contributed by atoms with Crippen LogP contribution < -0.4 is 0 Å². The second-order valence-electron chi connectivity index (χ2n) is 18.1. The van der Waals surface area contributed by atoms with Crippen LogP contribution in [0.25, 0.3) is 0 Å². The highest BCUT2D eigenvalue weighted by molar-refractivity contribution is 5.28. The van der Waals surface area contributed by atoms with E-state index in [4.69, 9.17) is 18.9 Å². The van der Waals surface area contributed by atoms with Crippen molar-refractivity contribution in [3.05, 3.63) is 11.6 Å². The summed E-state index contributed by atoms with van der Waals surface area (Å²) in [6.07, 6.45) is -10.3. The third-order valence-electron chi connectivity index (χ3n) is 14.7. The molecule has 3 saturated carbocycles. The number of allylic oxidation sites excluding steroid dienone is 1. The van der Waals surface area contributed by atoms with Crippen molar-refractivity contribution in [2.24, 2.45) is 46.3 Å². The van der Waals surface area contributed by atoms with Crippen LogP contribution in [0.3, 0.4) is 0 Å². The second-order valence-corrected chi connectivity index (χ2v) is 18.1. The predicted molar refractivity (Wildman–Crippen MR) is 188 cm³/mol. The Hall–Kier alpha value is -0.820. The van der Waals surface area contributed by atoms with Crippen LogP contribution in [0.1, 0.15) is 86.0 Å². The maximum absolute atomic E-state index is 11.7. The van der Waals surface area contributed by atoms with Gasteiger partial charge in [-0.1, -0.05) is 46.3 Å². The van der Waals surface area contributed by atoms with Crippen molar-refractivity contribution >= 4 is 0 Å². The number of ether oxygens (including phenoxy) is 4. The monoisotopic (exact) mass is 758 g/mol. The van der Waals surface area contributed by atoms with Crippen molar-refractivity contribution in [3.63, 3.8) is 0 Å². The quantitative estimate of drug-likeness (QED) is 0.124. The van der Waals surface area contributed by atoms with Gasteiger partial charge in [-0.25, -0.2) is 0 Å². The van der Waals surface area contributed by atoms with Gasteiger partial charge in [0.2, 0.25) is 0 Å². The molecule has 0 aromatic carbocycles. The van der Waals surface area contributed by atoms with Crippen molar-refractivity contribution < 1.29 is 70.0 Å². The SMILES string of the molecule is CC(C)CCC(O)C(C)C1C(OC2OC(CO)C(O)C(OC3OC(CO)C(O)C(O)C3O)C2O)CC2C3CC=C4CC(O)CC(O)C4(C)C3CCC21C. The van der Waals surface area contributed by atoms with Crippen molar-refractivity contribution in [2.75, 3.05) is 13.2 Å². The van der Waals surface area contributed by atoms with Gasteiger partial charge in [0, 0.05) is 11.8 Å². The summed E-state index contributed by atoms with van der Waals surface area (Å²) in [5.41, 5.74) is 0.390. The van der Waals surface area contributed by atoms with Crippen molar-refractivity contribution in [1.29, 1.82) is 0 Å². The fourth-order valence-corrected chi connectivity index (χ4v) is 11.6. The summed E-state index contributed by atoms with van der Waals surface area (Å²) in [6.45, 7) is 9.38. The molecule has 53 heavy (non-hydrogen) atoms. The molecule has 6 aliphatic rings. The van der Waals surface area contributed by atoms with E-state index in [0.717, 1.165) is 31.3 Å². The van der Waals surface area contributed by atoms with Gasteiger partial charge < -0.3 is 70.0 Å². The highest BCUT2D eigenvalue weighted by Crippen LogP contribution is 2.68. The minimum atomic E-state index is -1.79. The van der Waals surface area contributed by atoms with E-state index in [1.807, 2.05) is 0 Å². The summed E-state index contributed by atoms with van der Waals surface area (Å²) in [4.78, 5) is 0. The molecular weight excluding hydrogens is 692 g/mol. The molecule has 14 heteroatoms.